The quantitative estimate of drug-likeness (QED) is 0.829. The molecule has 1 aromatic carbocycles. The van der Waals surface area contributed by atoms with Crippen LogP contribution in [0.15, 0.2) is 18.2 Å². The molecule has 0 atom stereocenters. The fraction of sp³-hybridized carbons (Fsp3) is 0.455. The van der Waals surface area contributed by atoms with Gasteiger partial charge in [-0.05, 0) is 17.7 Å². The van der Waals surface area contributed by atoms with Crippen LogP contribution in [-0.4, -0.2) is 12.4 Å². The highest BCUT2D eigenvalue weighted by molar-refractivity contribution is 5.30. The largest absolute Gasteiger partial charge is 0.573 e. The van der Waals surface area contributed by atoms with Crippen molar-refractivity contribution in [2.45, 2.75) is 32.8 Å². The van der Waals surface area contributed by atoms with Crippen LogP contribution in [0.2, 0.25) is 0 Å². The third-order valence-corrected chi connectivity index (χ3v) is 1.94. The summed E-state index contributed by atoms with van der Waals surface area (Å²) in [5, 5.41) is 3.01. The van der Waals surface area contributed by atoms with Crippen LogP contribution in [0.25, 0.3) is 0 Å². The maximum absolute atomic E-state index is 13.1. The predicted octanol–water partition coefficient (Wildman–Crippen LogP) is 3.22. The third-order valence-electron chi connectivity index (χ3n) is 1.94. The van der Waals surface area contributed by atoms with Crippen LogP contribution in [0.3, 0.4) is 0 Å². The lowest BCUT2D eigenvalue weighted by Gasteiger charge is -2.12. The van der Waals surface area contributed by atoms with E-state index in [1.807, 2.05) is 13.8 Å². The van der Waals surface area contributed by atoms with E-state index in [1.165, 1.54) is 6.07 Å². The maximum Gasteiger partial charge on any atom is 0.573 e. The molecule has 96 valence electrons. The second-order valence-electron chi connectivity index (χ2n) is 3.85. The van der Waals surface area contributed by atoms with Crippen molar-refractivity contribution in [2.75, 3.05) is 0 Å². The summed E-state index contributed by atoms with van der Waals surface area (Å²) in [7, 11) is 0. The van der Waals surface area contributed by atoms with Gasteiger partial charge < -0.3 is 10.1 Å². The minimum atomic E-state index is -4.88. The summed E-state index contributed by atoms with van der Waals surface area (Å²) in [6.45, 7) is 4.15. The van der Waals surface area contributed by atoms with Crippen molar-refractivity contribution >= 4 is 0 Å². The summed E-state index contributed by atoms with van der Waals surface area (Å²) < 4.78 is 52.5. The van der Waals surface area contributed by atoms with Gasteiger partial charge in [0, 0.05) is 12.6 Å². The molecule has 0 aliphatic carbocycles. The van der Waals surface area contributed by atoms with Gasteiger partial charge in [0.25, 0.3) is 0 Å². The Morgan fingerprint density at radius 3 is 2.47 bits per heavy atom. The SMILES string of the molecule is CC(C)NCc1ccc(F)c(OC(F)(F)F)c1. The van der Waals surface area contributed by atoms with Crippen molar-refractivity contribution in [3.05, 3.63) is 29.6 Å². The monoisotopic (exact) mass is 251 g/mol. The first-order valence-corrected chi connectivity index (χ1v) is 5.05. The number of ether oxygens (including phenoxy) is 1. The molecule has 0 fully saturated rings. The molecule has 0 amide bonds. The number of hydrogen-bond acceptors (Lipinski definition) is 2. The van der Waals surface area contributed by atoms with Crippen molar-refractivity contribution < 1.29 is 22.3 Å². The van der Waals surface area contributed by atoms with Crippen LogP contribution in [0.4, 0.5) is 17.6 Å². The molecule has 0 aromatic heterocycles. The molecule has 0 spiro atoms. The van der Waals surface area contributed by atoms with Crippen molar-refractivity contribution in [3.63, 3.8) is 0 Å². The lowest BCUT2D eigenvalue weighted by molar-refractivity contribution is -0.275. The number of nitrogens with one attached hydrogen (secondary N) is 1. The summed E-state index contributed by atoms with van der Waals surface area (Å²) in [5.74, 6) is -1.84. The molecule has 1 rings (SSSR count). The molecule has 0 heterocycles. The summed E-state index contributed by atoms with van der Waals surface area (Å²) in [5.41, 5.74) is 0.527. The van der Waals surface area contributed by atoms with Gasteiger partial charge >= 0.3 is 6.36 Å². The molecule has 0 saturated heterocycles. The average Bonchev–Trinajstić information content (AvgIpc) is 2.17. The molecule has 0 unspecified atom stereocenters. The molecule has 2 nitrogen and oxygen atoms in total. The Morgan fingerprint density at radius 1 is 1.29 bits per heavy atom. The standard InChI is InChI=1S/C11H13F4NO/c1-7(2)16-6-8-3-4-9(12)10(5-8)17-11(13,14)15/h3-5,7,16H,6H2,1-2H3. The minimum absolute atomic E-state index is 0.187. The fourth-order valence-electron chi connectivity index (χ4n) is 1.18. The summed E-state index contributed by atoms with van der Waals surface area (Å²) in [6, 6.07) is 3.59. The van der Waals surface area contributed by atoms with E-state index in [-0.39, 0.29) is 6.04 Å². The van der Waals surface area contributed by atoms with Gasteiger partial charge in [-0.15, -0.1) is 13.2 Å². The zero-order valence-electron chi connectivity index (χ0n) is 9.44. The lowest BCUT2D eigenvalue weighted by atomic mass is 10.2. The Bertz CT molecular complexity index is 376. The number of halogens is 4. The van der Waals surface area contributed by atoms with Crippen LogP contribution in [0.5, 0.6) is 5.75 Å². The van der Waals surface area contributed by atoms with Gasteiger partial charge in [0.2, 0.25) is 0 Å². The van der Waals surface area contributed by atoms with Gasteiger partial charge in [-0.1, -0.05) is 19.9 Å². The molecule has 0 saturated carbocycles. The Kier molecular flexibility index (Phi) is 4.34. The molecular formula is C11H13F4NO. The van der Waals surface area contributed by atoms with Gasteiger partial charge in [-0.25, -0.2) is 4.39 Å². The summed E-state index contributed by atoms with van der Waals surface area (Å²) in [6.07, 6.45) is -4.88. The molecule has 0 radical (unpaired) electrons. The Morgan fingerprint density at radius 2 is 1.94 bits per heavy atom. The van der Waals surface area contributed by atoms with E-state index in [9.17, 15) is 17.6 Å². The highest BCUT2D eigenvalue weighted by Gasteiger charge is 2.32. The highest BCUT2D eigenvalue weighted by Crippen LogP contribution is 2.26. The van der Waals surface area contributed by atoms with E-state index in [0.717, 1.165) is 12.1 Å². The second kappa shape index (κ2) is 5.35. The molecule has 0 aliphatic rings. The molecule has 6 heteroatoms. The zero-order valence-corrected chi connectivity index (χ0v) is 9.44. The van der Waals surface area contributed by atoms with Gasteiger partial charge in [0.05, 0.1) is 0 Å². The summed E-state index contributed by atoms with van der Waals surface area (Å²) in [4.78, 5) is 0. The van der Waals surface area contributed by atoms with Gasteiger partial charge in [0.1, 0.15) is 0 Å². The van der Waals surface area contributed by atoms with E-state index in [1.54, 1.807) is 0 Å². The first kappa shape index (κ1) is 13.8. The number of alkyl halides is 3. The van der Waals surface area contributed by atoms with Crippen molar-refractivity contribution in [1.29, 1.82) is 0 Å². The van der Waals surface area contributed by atoms with Crippen LogP contribution in [0.1, 0.15) is 19.4 Å². The van der Waals surface area contributed by atoms with Crippen molar-refractivity contribution in [3.8, 4) is 5.75 Å². The van der Waals surface area contributed by atoms with E-state index in [2.05, 4.69) is 10.1 Å². The highest BCUT2D eigenvalue weighted by atomic mass is 19.4. The number of hydrogen-bond donors (Lipinski definition) is 1. The van der Waals surface area contributed by atoms with Crippen LogP contribution in [0, 0.1) is 5.82 Å². The lowest BCUT2D eigenvalue weighted by Crippen LogP contribution is -2.22. The van der Waals surface area contributed by atoms with E-state index in [0.29, 0.717) is 12.1 Å². The topological polar surface area (TPSA) is 21.3 Å². The molecule has 17 heavy (non-hydrogen) atoms. The maximum atomic E-state index is 13.1. The summed E-state index contributed by atoms with van der Waals surface area (Å²) >= 11 is 0. The predicted molar refractivity (Wildman–Crippen MR) is 55.1 cm³/mol. The first-order valence-electron chi connectivity index (χ1n) is 5.05. The van der Waals surface area contributed by atoms with E-state index < -0.39 is 17.9 Å². The molecule has 0 bridgehead atoms. The first-order chi connectivity index (χ1) is 7.78. The second-order valence-corrected chi connectivity index (χ2v) is 3.85. The van der Waals surface area contributed by atoms with E-state index >= 15 is 0 Å². The number of rotatable bonds is 4. The fourth-order valence-corrected chi connectivity index (χ4v) is 1.18. The van der Waals surface area contributed by atoms with Crippen LogP contribution in [-0.2, 0) is 6.54 Å². The Balaban J connectivity index is 2.79. The molecule has 1 N–H and O–H groups in total. The normalized spacial score (nSPS) is 11.9. The zero-order chi connectivity index (χ0) is 13.1. The van der Waals surface area contributed by atoms with Crippen LogP contribution < -0.4 is 10.1 Å². The third kappa shape index (κ3) is 5.04. The van der Waals surface area contributed by atoms with Gasteiger partial charge in [-0.2, -0.15) is 0 Å². The molecular weight excluding hydrogens is 238 g/mol. The Labute approximate surface area is 96.6 Å². The number of benzene rings is 1. The van der Waals surface area contributed by atoms with Crippen molar-refractivity contribution in [1.82, 2.24) is 5.32 Å². The van der Waals surface area contributed by atoms with Gasteiger partial charge in [-0.3, -0.25) is 0 Å². The average molecular weight is 251 g/mol. The van der Waals surface area contributed by atoms with Gasteiger partial charge in [0.15, 0.2) is 11.6 Å². The molecule has 0 aliphatic heterocycles. The van der Waals surface area contributed by atoms with Crippen molar-refractivity contribution in [2.24, 2.45) is 0 Å². The molecule has 1 aromatic rings. The van der Waals surface area contributed by atoms with E-state index in [4.69, 9.17) is 0 Å². The Hall–Kier alpha value is -1.30. The van der Waals surface area contributed by atoms with Crippen LogP contribution >= 0.6 is 0 Å². The minimum Gasteiger partial charge on any atom is -0.403 e. The smallest absolute Gasteiger partial charge is 0.403 e.